The number of aliphatic hydroxyl groups is 1. The summed E-state index contributed by atoms with van der Waals surface area (Å²) in [6.07, 6.45) is 0.729. The SMILES string of the molecule is COc1cc(C)cc(C)c1C(C)(O)CC(C)C. The highest BCUT2D eigenvalue weighted by Gasteiger charge is 2.29. The van der Waals surface area contributed by atoms with Crippen molar-refractivity contribution in [1.29, 1.82) is 0 Å². The molecule has 1 rings (SSSR count). The minimum absolute atomic E-state index is 0.440. The number of aryl methyl sites for hydroxylation is 2. The monoisotopic (exact) mass is 236 g/mol. The molecule has 2 heteroatoms. The van der Waals surface area contributed by atoms with E-state index in [4.69, 9.17) is 4.74 Å². The van der Waals surface area contributed by atoms with Crippen molar-refractivity contribution < 1.29 is 9.84 Å². The van der Waals surface area contributed by atoms with E-state index in [-0.39, 0.29) is 0 Å². The molecule has 0 fully saturated rings. The fourth-order valence-electron chi connectivity index (χ4n) is 2.68. The van der Waals surface area contributed by atoms with Crippen LogP contribution in [0.15, 0.2) is 12.1 Å². The van der Waals surface area contributed by atoms with Gasteiger partial charge in [-0.25, -0.2) is 0 Å². The summed E-state index contributed by atoms with van der Waals surface area (Å²) >= 11 is 0. The molecule has 0 bridgehead atoms. The molecule has 0 aliphatic rings. The zero-order valence-electron chi connectivity index (χ0n) is 11.8. The first kappa shape index (κ1) is 14.0. The summed E-state index contributed by atoms with van der Waals surface area (Å²) in [5.74, 6) is 1.23. The summed E-state index contributed by atoms with van der Waals surface area (Å²) in [7, 11) is 1.66. The van der Waals surface area contributed by atoms with Crippen molar-refractivity contribution in [2.75, 3.05) is 7.11 Å². The molecule has 0 aromatic heterocycles. The average molecular weight is 236 g/mol. The van der Waals surface area contributed by atoms with E-state index in [1.54, 1.807) is 7.11 Å². The van der Waals surface area contributed by atoms with E-state index in [2.05, 4.69) is 19.9 Å². The van der Waals surface area contributed by atoms with Crippen LogP contribution in [0.3, 0.4) is 0 Å². The molecule has 1 atom stereocenters. The third kappa shape index (κ3) is 3.22. The predicted molar refractivity (Wildman–Crippen MR) is 71.5 cm³/mol. The Balaban J connectivity index is 3.28. The summed E-state index contributed by atoms with van der Waals surface area (Å²) < 4.78 is 5.41. The van der Waals surface area contributed by atoms with E-state index < -0.39 is 5.60 Å². The van der Waals surface area contributed by atoms with E-state index in [0.717, 1.165) is 28.9 Å². The number of hydrogen-bond acceptors (Lipinski definition) is 2. The zero-order valence-corrected chi connectivity index (χ0v) is 11.8. The Morgan fingerprint density at radius 2 is 1.88 bits per heavy atom. The van der Waals surface area contributed by atoms with Gasteiger partial charge in [0.25, 0.3) is 0 Å². The molecule has 96 valence electrons. The number of hydrogen-bond donors (Lipinski definition) is 1. The van der Waals surface area contributed by atoms with Gasteiger partial charge < -0.3 is 9.84 Å². The summed E-state index contributed by atoms with van der Waals surface area (Å²) in [6, 6.07) is 4.07. The average Bonchev–Trinajstić information content (AvgIpc) is 2.13. The lowest BCUT2D eigenvalue weighted by Gasteiger charge is -2.29. The molecule has 0 radical (unpaired) electrons. The van der Waals surface area contributed by atoms with Crippen LogP contribution in [0.5, 0.6) is 5.75 Å². The van der Waals surface area contributed by atoms with Crippen LogP contribution in [-0.2, 0) is 5.60 Å². The van der Waals surface area contributed by atoms with Crippen LogP contribution in [0.1, 0.15) is 43.9 Å². The van der Waals surface area contributed by atoms with Gasteiger partial charge in [-0.05, 0) is 50.3 Å². The first-order valence-electron chi connectivity index (χ1n) is 6.16. The first-order chi connectivity index (χ1) is 7.77. The standard InChI is InChI=1S/C15H24O2/c1-10(2)9-15(5,16)14-12(4)7-11(3)8-13(14)17-6/h7-8,10,16H,9H2,1-6H3. The van der Waals surface area contributed by atoms with Crippen LogP contribution in [0.2, 0.25) is 0 Å². The number of methoxy groups -OCH3 is 1. The molecule has 0 spiro atoms. The topological polar surface area (TPSA) is 29.5 Å². The maximum Gasteiger partial charge on any atom is 0.125 e. The van der Waals surface area contributed by atoms with E-state index in [0.29, 0.717) is 5.92 Å². The molecule has 1 N–H and O–H groups in total. The fraction of sp³-hybridized carbons (Fsp3) is 0.600. The minimum atomic E-state index is -0.836. The van der Waals surface area contributed by atoms with Gasteiger partial charge in [-0.1, -0.05) is 19.9 Å². The summed E-state index contributed by atoms with van der Waals surface area (Å²) in [5.41, 5.74) is 2.33. The molecule has 1 aromatic rings. The molecule has 17 heavy (non-hydrogen) atoms. The predicted octanol–water partition coefficient (Wildman–Crippen LogP) is 3.57. The van der Waals surface area contributed by atoms with Crippen molar-refractivity contribution >= 4 is 0 Å². The second-order valence-electron chi connectivity index (χ2n) is 5.53. The molecule has 0 aliphatic carbocycles. The van der Waals surface area contributed by atoms with Gasteiger partial charge in [-0.2, -0.15) is 0 Å². The van der Waals surface area contributed by atoms with Crippen LogP contribution in [0, 0.1) is 19.8 Å². The highest BCUT2D eigenvalue weighted by Crippen LogP contribution is 2.37. The quantitative estimate of drug-likeness (QED) is 0.866. The molecular weight excluding hydrogens is 212 g/mol. The highest BCUT2D eigenvalue weighted by atomic mass is 16.5. The Bertz CT molecular complexity index is 392. The normalized spacial score (nSPS) is 14.8. The fourth-order valence-corrected chi connectivity index (χ4v) is 2.68. The maximum absolute atomic E-state index is 10.7. The van der Waals surface area contributed by atoms with Gasteiger partial charge in [0.2, 0.25) is 0 Å². The van der Waals surface area contributed by atoms with E-state index in [9.17, 15) is 5.11 Å². The van der Waals surface area contributed by atoms with Gasteiger partial charge in [-0.3, -0.25) is 0 Å². The molecule has 1 unspecified atom stereocenters. The molecule has 1 aromatic carbocycles. The summed E-state index contributed by atoms with van der Waals surface area (Å²) in [6.45, 7) is 10.2. The summed E-state index contributed by atoms with van der Waals surface area (Å²) in [4.78, 5) is 0. The lowest BCUT2D eigenvalue weighted by molar-refractivity contribution is 0.0319. The van der Waals surface area contributed by atoms with Crippen LogP contribution in [0.4, 0.5) is 0 Å². The van der Waals surface area contributed by atoms with Crippen LogP contribution in [-0.4, -0.2) is 12.2 Å². The number of rotatable bonds is 4. The van der Waals surface area contributed by atoms with Crippen molar-refractivity contribution in [1.82, 2.24) is 0 Å². The van der Waals surface area contributed by atoms with Gasteiger partial charge in [0.1, 0.15) is 5.75 Å². The molecule has 0 aliphatic heterocycles. The van der Waals surface area contributed by atoms with Crippen molar-refractivity contribution in [3.63, 3.8) is 0 Å². The van der Waals surface area contributed by atoms with E-state index in [1.165, 1.54) is 0 Å². The Hall–Kier alpha value is -1.02. The van der Waals surface area contributed by atoms with Gasteiger partial charge in [0, 0.05) is 5.56 Å². The lowest BCUT2D eigenvalue weighted by Crippen LogP contribution is -2.25. The third-order valence-corrected chi connectivity index (χ3v) is 3.01. The second-order valence-corrected chi connectivity index (χ2v) is 5.53. The molecule has 0 amide bonds. The minimum Gasteiger partial charge on any atom is -0.496 e. The molecular formula is C15H24O2. The molecule has 2 nitrogen and oxygen atoms in total. The van der Waals surface area contributed by atoms with Crippen molar-refractivity contribution in [3.05, 3.63) is 28.8 Å². The second kappa shape index (κ2) is 5.09. The summed E-state index contributed by atoms with van der Waals surface area (Å²) in [5, 5.41) is 10.7. The van der Waals surface area contributed by atoms with Crippen molar-refractivity contribution in [2.45, 2.75) is 46.6 Å². The maximum atomic E-state index is 10.7. The van der Waals surface area contributed by atoms with Crippen LogP contribution >= 0.6 is 0 Å². The van der Waals surface area contributed by atoms with Gasteiger partial charge in [-0.15, -0.1) is 0 Å². The highest BCUT2D eigenvalue weighted by molar-refractivity contribution is 5.46. The van der Waals surface area contributed by atoms with Gasteiger partial charge in [0.05, 0.1) is 12.7 Å². The largest absolute Gasteiger partial charge is 0.496 e. The van der Waals surface area contributed by atoms with Gasteiger partial charge >= 0.3 is 0 Å². The molecule has 0 heterocycles. The zero-order chi connectivity index (χ0) is 13.2. The van der Waals surface area contributed by atoms with Crippen molar-refractivity contribution in [2.24, 2.45) is 5.92 Å². The number of benzene rings is 1. The lowest BCUT2D eigenvalue weighted by atomic mass is 9.84. The van der Waals surface area contributed by atoms with E-state index >= 15 is 0 Å². The van der Waals surface area contributed by atoms with E-state index in [1.807, 2.05) is 26.8 Å². The Morgan fingerprint density at radius 3 is 2.35 bits per heavy atom. The molecule has 0 saturated heterocycles. The Labute approximate surface area is 105 Å². The molecule has 0 saturated carbocycles. The Kier molecular flexibility index (Phi) is 4.21. The van der Waals surface area contributed by atoms with Crippen LogP contribution < -0.4 is 4.74 Å². The van der Waals surface area contributed by atoms with Gasteiger partial charge in [0.15, 0.2) is 0 Å². The first-order valence-corrected chi connectivity index (χ1v) is 6.16. The number of ether oxygens (including phenoxy) is 1. The van der Waals surface area contributed by atoms with Crippen LogP contribution in [0.25, 0.3) is 0 Å². The Morgan fingerprint density at radius 1 is 1.29 bits per heavy atom. The third-order valence-electron chi connectivity index (χ3n) is 3.01. The smallest absolute Gasteiger partial charge is 0.125 e. The van der Waals surface area contributed by atoms with Crippen molar-refractivity contribution in [3.8, 4) is 5.75 Å².